The van der Waals surface area contributed by atoms with Gasteiger partial charge in [0.05, 0.1) is 19.0 Å². The predicted octanol–water partition coefficient (Wildman–Crippen LogP) is 2.84. The molecule has 2 aromatic rings. The maximum absolute atomic E-state index is 11.8. The van der Waals surface area contributed by atoms with Gasteiger partial charge in [-0.1, -0.05) is 12.1 Å². The monoisotopic (exact) mass is 299 g/mol. The average molecular weight is 299 g/mol. The Morgan fingerprint density at radius 2 is 1.91 bits per heavy atom. The van der Waals surface area contributed by atoms with Crippen molar-refractivity contribution >= 4 is 11.6 Å². The third-order valence-corrected chi connectivity index (χ3v) is 3.07. The lowest BCUT2D eigenvalue weighted by Crippen LogP contribution is -2.30. The van der Waals surface area contributed by atoms with Crippen molar-refractivity contribution in [1.29, 1.82) is 0 Å². The highest BCUT2D eigenvalue weighted by molar-refractivity contribution is 5.92. The van der Waals surface area contributed by atoms with Crippen LogP contribution in [0.4, 0.5) is 5.69 Å². The van der Waals surface area contributed by atoms with Crippen LogP contribution < -0.4 is 15.4 Å². The second-order valence-corrected chi connectivity index (χ2v) is 5.26. The Hall–Kier alpha value is -2.56. The molecule has 0 aliphatic heterocycles. The summed E-state index contributed by atoms with van der Waals surface area (Å²) in [5.41, 5.74) is 2.43. The van der Waals surface area contributed by atoms with Crippen LogP contribution in [-0.2, 0) is 6.54 Å². The lowest BCUT2D eigenvalue weighted by Gasteiger charge is -2.09. The second kappa shape index (κ2) is 7.45. The molecule has 0 aliphatic rings. The maximum atomic E-state index is 11.8. The number of rotatable bonds is 6. The van der Waals surface area contributed by atoms with Crippen molar-refractivity contribution in [2.75, 3.05) is 12.4 Å². The molecule has 0 saturated carbocycles. The number of carbonyl (C=O) groups is 1. The molecule has 1 aromatic carbocycles. The molecule has 0 aliphatic carbocycles. The first-order valence-corrected chi connectivity index (χ1v) is 7.22. The highest BCUT2D eigenvalue weighted by Gasteiger charge is 2.07. The fourth-order valence-corrected chi connectivity index (χ4v) is 1.92. The summed E-state index contributed by atoms with van der Waals surface area (Å²) in [5, 5.41) is 6.08. The highest BCUT2D eigenvalue weighted by atomic mass is 16.5. The minimum Gasteiger partial charge on any atom is -0.497 e. The van der Waals surface area contributed by atoms with Gasteiger partial charge in [-0.15, -0.1) is 0 Å². The third-order valence-electron chi connectivity index (χ3n) is 3.07. The lowest BCUT2D eigenvalue weighted by molar-refractivity contribution is 0.0938. The van der Waals surface area contributed by atoms with Crippen molar-refractivity contribution in [2.24, 2.45) is 0 Å². The molecular formula is C17H21N3O2. The molecule has 0 spiro atoms. The molecule has 1 amide bonds. The van der Waals surface area contributed by atoms with Crippen LogP contribution in [0.15, 0.2) is 42.6 Å². The van der Waals surface area contributed by atoms with E-state index in [1.165, 1.54) is 0 Å². The van der Waals surface area contributed by atoms with Crippen molar-refractivity contribution in [3.8, 4) is 5.75 Å². The first kappa shape index (κ1) is 15.8. The SMILES string of the molecule is COc1ccc(CNc2ccc(C(=O)NC(C)C)nc2)cc1. The zero-order valence-electron chi connectivity index (χ0n) is 13.1. The minimum absolute atomic E-state index is 0.0992. The molecule has 0 atom stereocenters. The molecule has 0 fully saturated rings. The highest BCUT2D eigenvalue weighted by Crippen LogP contribution is 2.13. The number of methoxy groups -OCH3 is 1. The van der Waals surface area contributed by atoms with Crippen LogP contribution in [0.3, 0.4) is 0 Å². The molecule has 2 rings (SSSR count). The Kier molecular flexibility index (Phi) is 5.36. The molecule has 1 heterocycles. The van der Waals surface area contributed by atoms with Crippen LogP contribution in [0.2, 0.25) is 0 Å². The van der Waals surface area contributed by atoms with E-state index in [1.54, 1.807) is 19.4 Å². The van der Waals surface area contributed by atoms with E-state index in [4.69, 9.17) is 4.74 Å². The van der Waals surface area contributed by atoms with E-state index >= 15 is 0 Å². The number of ether oxygens (including phenoxy) is 1. The molecule has 0 bridgehead atoms. The van der Waals surface area contributed by atoms with E-state index in [9.17, 15) is 4.79 Å². The van der Waals surface area contributed by atoms with Crippen LogP contribution in [0.25, 0.3) is 0 Å². The molecule has 116 valence electrons. The fourth-order valence-electron chi connectivity index (χ4n) is 1.92. The van der Waals surface area contributed by atoms with E-state index in [1.807, 2.05) is 44.2 Å². The van der Waals surface area contributed by atoms with Gasteiger partial charge in [0.25, 0.3) is 5.91 Å². The van der Waals surface area contributed by atoms with Gasteiger partial charge in [-0.05, 0) is 43.7 Å². The number of pyridine rings is 1. The minimum atomic E-state index is -0.156. The Morgan fingerprint density at radius 3 is 2.45 bits per heavy atom. The summed E-state index contributed by atoms with van der Waals surface area (Å²) in [6, 6.07) is 11.5. The van der Waals surface area contributed by atoms with E-state index in [-0.39, 0.29) is 11.9 Å². The summed E-state index contributed by atoms with van der Waals surface area (Å²) >= 11 is 0. The zero-order valence-corrected chi connectivity index (χ0v) is 13.1. The molecule has 5 nitrogen and oxygen atoms in total. The fraction of sp³-hybridized carbons (Fsp3) is 0.294. The average Bonchev–Trinajstić information content (AvgIpc) is 2.53. The molecule has 1 aromatic heterocycles. The predicted molar refractivity (Wildman–Crippen MR) is 87.2 cm³/mol. The van der Waals surface area contributed by atoms with Gasteiger partial charge in [-0.3, -0.25) is 4.79 Å². The molecule has 0 saturated heterocycles. The normalized spacial score (nSPS) is 10.4. The van der Waals surface area contributed by atoms with E-state index in [0.29, 0.717) is 12.2 Å². The van der Waals surface area contributed by atoms with Gasteiger partial charge in [0, 0.05) is 12.6 Å². The Balaban J connectivity index is 1.92. The number of anilines is 1. The van der Waals surface area contributed by atoms with E-state index < -0.39 is 0 Å². The van der Waals surface area contributed by atoms with Crippen molar-refractivity contribution in [1.82, 2.24) is 10.3 Å². The third kappa shape index (κ3) is 4.48. The van der Waals surface area contributed by atoms with Gasteiger partial charge >= 0.3 is 0 Å². The summed E-state index contributed by atoms with van der Waals surface area (Å²) in [6.45, 7) is 4.52. The van der Waals surface area contributed by atoms with Crippen LogP contribution in [0, 0.1) is 0 Å². The number of aromatic nitrogens is 1. The summed E-state index contributed by atoms with van der Waals surface area (Å²) in [7, 11) is 1.65. The number of hydrogen-bond acceptors (Lipinski definition) is 4. The lowest BCUT2D eigenvalue weighted by atomic mass is 10.2. The van der Waals surface area contributed by atoms with Crippen LogP contribution in [-0.4, -0.2) is 24.0 Å². The summed E-state index contributed by atoms with van der Waals surface area (Å²) in [4.78, 5) is 16.0. The van der Waals surface area contributed by atoms with Crippen molar-refractivity contribution in [3.05, 3.63) is 53.9 Å². The standard InChI is InChI=1S/C17H21N3O2/c1-12(2)20-17(21)16-9-6-14(11-19-16)18-10-13-4-7-15(22-3)8-5-13/h4-9,11-12,18H,10H2,1-3H3,(H,20,21). The van der Waals surface area contributed by atoms with Gasteiger partial charge in [-0.25, -0.2) is 4.98 Å². The molecule has 0 radical (unpaired) electrons. The van der Waals surface area contributed by atoms with Gasteiger partial charge in [0.2, 0.25) is 0 Å². The molecule has 22 heavy (non-hydrogen) atoms. The van der Waals surface area contributed by atoms with Crippen molar-refractivity contribution < 1.29 is 9.53 Å². The van der Waals surface area contributed by atoms with Gasteiger partial charge < -0.3 is 15.4 Å². The Morgan fingerprint density at radius 1 is 1.18 bits per heavy atom. The van der Waals surface area contributed by atoms with Gasteiger partial charge in [0.15, 0.2) is 0 Å². The smallest absolute Gasteiger partial charge is 0.270 e. The quantitative estimate of drug-likeness (QED) is 0.861. The summed E-state index contributed by atoms with van der Waals surface area (Å²) in [6.07, 6.45) is 1.67. The zero-order chi connectivity index (χ0) is 15.9. The largest absolute Gasteiger partial charge is 0.497 e. The number of amides is 1. The van der Waals surface area contributed by atoms with Crippen molar-refractivity contribution in [2.45, 2.75) is 26.4 Å². The van der Waals surface area contributed by atoms with E-state index in [0.717, 1.165) is 17.0 Å². The number of nitrogens with zero attached hydrogens (tertiary/aromatic N) is 1. The number of carbonyl (C=O) groups excluding carboxylic acids is 1. The van der Waals surface area contributed by atoms with E-state index in [2.05, 4.69) is 15.6 Å². The summed E-state index contributed by atoms with van der Waals surface area (Å²) < 4.78 is 5.13. The maximum Gasteiger partial charge on any atom is 0.270 e. The van der Waals surface area contributed by atoms with Gasteiger partial charge in [-0.2, -0.15) is 0 Å². The topological polar surface area (TPSA) is 63.2 Å². The molecule has 2 N–H and O–H groups in total. The Labute approximate surface area is 130 Å². The van der Waals surface area contributed by atoms with Crippen LogP contribution in [0.5, 0.6) is 5.75 Å². The summed E-state index contributed by atoms with van der Waals surface area (Å²) in [5.74, 6) is 0.683. The van der Waals surface area contributed by atoms with Crippen LogP contribution >= 0.6 is 0 Å². The number of nitrogens with one attached hydrogen (secondary N) is 2. The molecule has 0 unspecified atom stereocenters. The molecular weight excluding hydrogens is 278 g/mol. The number of hydrogen-bond donors (Lipinski definition) is 2. The second-order valence-electron chi connectivity index (χ2n) is 5.26. The Bertz CT molecular complexity index is 607. The first-order valence-electron chi connectivity index (χ1n) is 7.22. The molecule has 5 heteroatoms. The van der Waals surface area contributed by atoms with Crippen LogP contribution in [0.1, 0.15) is 29.9 Å². The van der Waals surface area contributed by atoms with Gasteiger partial charge in [0.1, 0.15) is 11.4 Å². The first-order chi connectivity index (χ1) is 10.6. The number of benzene rings is 1. The van der Waals surface area contributed by atoms with Crippen molar-refractivity contribution in [3.63, 3.8) is 0 Å².